The molecule has 7 heteroatoms. The Kier molecular flexibility index (Phi) is 6.14. The van der Waals surface area contributed by atoms with Gasteiger partial charge >= 0.3 is 5.69 Å². The van der Waals surface area contributed by atoms with Crippen molar-refractivity contribution in [3.8, 4) is 0 Å². The van der Waals surface area contributed by atoms with E-state index in [-0.39, 0.29) is 11.7 Å². The van der Waals surface area contributed by atoms with Crippen LogP contribution in [0.5, 0.6) is 0 Å². The van der Waals surface area contributed by atoms with Gasteiger partial charge in [0.1, 0.15) is 6.20 Å². The molecule has 0 saturated heterocycles. The van der Waals surface area contributed by atoms with Crippen LogP contribution in [-0.4, -0.2) is 34.5 Å². The maximum absolute atomic E-state index is 11.1. The third-order valence-corrected chi connectivity index (χ3v) is 3.18. The Morgan fingerprint density at radius 1 is 1.45 bits per heavy atom. The van der Waals surface area contributed by atoms with Crippen molar-refractivity contribution < 1.29 is 4.92 Å². The van der Waals surface area contributed by atoms with Crippen LogP contribution < -0.4 is 10.2 Å². The van der Waals surface area contributed by atoms with Crippen molar-refractivity contribution in [3.05, 3.63) is 16.3 Å². The van der Waals surface area contributed by atoms with Crippen LogP contribution in [0.3, 0.4) is 0 Å². The van der Waals surface area contributed by atoms with Crippen LogP contribution in [0.4, 0.5) is 17.5 Å². The van der Waals surface area contributed by atoms with Gasteiger partial charge in [0.05, 0.1) is 4.92 Å². The van der Waals surface area contributed by atoms with Gasteiger partial charge in [-0.3, -0.25) is 10.1 Å². The molecule has 1 aromatic heterocycles. The SMILES string of the molecule is CCCNc1ncc([N+](=O)[O-])c(N(C)C(C)CCC)n1. The molecule has 1 heterocycles. The number of hydrogen-bond donors (Lipinski definition) is 1. The van der Waals surface area contributed by atoms with E-state index in [9.17, 15) is 10.1 Å². The summed E-state index contributed by atoms with van der Waals surface area (Å²) >= 11 is 0. The largest absolute Gasteiger partial charge is 0.354 e. The number of rotatable bonds is 8. The maximum Gasteiger partial charge on any atom is 0.329 e. The van der Waals surface area contributed by atoms with E-state index in [4.69, 9.17) is 0 Å². The Labute approximate surface area is 119 Å². The number of anilines is 2. The van der Waals surface area contributed by atoms with Crippen molar-refractivity contribution in [3.63, 3.8) is 0 Å². The molecule has 20 heavy (non-hydrogen) atoms. The minimum atomic E-state index is -0.436. The number of nitrogens with one attached hydrogen (secondary N) is 1. The fourth-order valence-electron chi connectivity index (χ4n) is 1.90. The minimum absolute atomic E-state index is 0.0579. The van der Waals surface area contributed by atoms with Gasteiger partial charge in [-0.2, -0.15) is 4.98 Å². The Morgan fingerprint density at radius 2 is 2.15 bits per heavy atom. The summed E-state index contributed by atoms with van der Waals surface area (Å²) in [6.07, 6.45) is 4.19. The van der Waals surface area contributed by atoms with Crippen molar-refractivity contribution in [1.29, 1.82) is 0 Å². The first-order valence-corrected chi connectivity index (χ1v) is 6.99. The number of nitro groups is 1. The molecule has 1 N–H and O–H groups in total. The zero-order valence-corrected chi connectivity index (χ0v) is 12.6. The van der Waals surface area contributed by atoms with E-state index >= 15 is 0 Å². The summed E-state index contributed by atoms with van der Waals surface area (Å²) in [5.74, 6) is 0.799. The van der Waals surface area contributed by atoms with Crippen LogP contribution in [0.25, 0.3) is 0 Å². The summed E-state index contributed by atoms with van der Waals surface area (Å²) in [6, 6.07) is 0.188. The van der Waals surface area contributed by atoms with E-state index in [1.807, 2.05) is 25.8 Å². The van der Waals surface area contributed by atoms with Crippen LogP contribution >= 0.6 is 0 Å². The highest BCUT2D eigenvalue weighted by atomic mass is 16.6. The lowest BCUT2D eigenvalue weighted by atomic mass is 10.2. The Balaban J connectivity index is 3.07. The number of hydrogen-bond acceptors (Lipinski definition) is 6. The molecule has 0 aliphatic heterocycles. The van der Waals surface area contributed by atoms with Gasteiger partial charge in [0.2, 0.25) is 11.8 Å². The minimum Gasteiger partial charge on any atom is -0.354 e. The van der Waals surface area contributed by atoms with E-state index in [0.717, 1.165) is 25.8 Å². The van der Waals surface area contributed by atoms with Gasteiger partial charge in [0, 0.05) is 19.6 Å². The van der Waals surface area contributed by atoms with Gasteiger partial charge in [-0.1, -0.05) is 20.3 Å². The van der Waals surface area contributed by atoms with Gasteiger partial charge < -0.3 is 10.2 Å². The predicted molar refractivity (Wildman–Crippen MR) is 80.2 cm³/mol. The smallest absolute Gasteiger partial charge is 0.329 e. The lowest BCUT2D eigenvalue weighted by Gasteiger charge is -2.25. The molecule has 1 atom stereocenters. The molecule has 1 aromatic rings. The second-order valence-electron chi connectivity index (χ2n) is 4.83. The summed E-state index contributed by atoms with van der Waals surface area (Å²) in [6.45, 7) is 6.90. The van der Waals surface area contributed by atoms with E-state index < -0.39 is 4.92 Å². The fraction of sp³-hybridized carbons (Fsp3) is 0.692. The highest BCUT2D eigenvalue weighted by Crippen LogP contribution is 2.27. The standard InChI is InChI=1S/C13H23N5O2/c1-5-7-10(3)17(4)12-11(18(19)20)9-15-13(16-12)14-8-6-2/h9-10H,5-8H2,1-4H3,(H,14,15,16). The van der Waals surface area contributed by atoms with Crippen LogP contribution in [0.15, 0.2) is 6.20 Å². The Bertz CT molecular complexity index is 452. The Hall–Kier alpha value is -1.92. The lowest BCUT2D eigenvalue weighted by Crippen LogP contribution is -2.30. The zero-order chi connectivity index (χ0) is 15.1. The molecule has 7 nitrogen and oxygen atoms in total. The molecule has 0 bridgehead atoms. The average Bonchev–Trinajstić information content (AvgIpc) is 2.44. The molecule has 0 amide bonds. The molecule has 1 unspecified atom stereocenters. The second kappa shape index (κ2) is 7.62. The molecule has 0 saturated carbocycles. The third-order valence-electron chi connectivity index (χ3n) is 3.18. The summed E-state index contributed by atoms with van der Waals surface area (Å²) in [5.41, 5.74) is -0.0579. The van der Waals surface area contributed by atoms with Gasteiger partial charge in [0.25, 0.3) is 0 Å². The molecule has 0 spiro atoms. The molecule has 112 valence electrons. The van der Waals surface area contributed by atoms with Crippen molar-refractivity contribution in [2.75, 3.05) is 23.8 Å². The van der Waals surface area contributed by atoms with Crippen LogP contribution in [0.1, 0.15) is 40.0 Å². The molecule has 0 aliphatic rings. The quantitative estimate of drug-likeness (QED) is 0.582. The molecule has 0 fully saturated rings. The molecule has 1 rings (SSSR count). The second-order valence-corrected chi connectivity index (χ2v) is 4.83. The number of nitrogens with zero attached hydrogens (tertiary/aromatic N) is 4. The average molecular weight is 281 g/mol. The lowest BCUT2D eigenvalue weighted by molar-refractivity contribution is -0.384. The van der Waals surface area contributed by atoms with Crippen LogP contribution in [0.2, 0.25) is 0 Å². The van der Waals surface area contributed by atoms with Gasteiger partial charge in [0.15, 0.2) is 0 Å². The van der Waals surface area contributed by atoms with Crippen LogP contribution in [0, 0.1) is 10.1 Å². The van der Waals surface area contributed by atoms with Crippen LogP contribution in [-0.2, 0) is 0 Å². The van der Waals surface area contributed by atoms with Gasteiger partial charge in [-0.15, -0.1) is 0 Å². The monoisotopic (exact) mass is 281 g/mol. The first kappa shape index (κ1) is 16.1. The van der Waals surface area contributed by atoms with E-state index in [2.05, 4.69) is 22.2 Å². The topological polar surface area (TPSA) is 84.2 Å². The van der Waals surface area contributed by atoms with Crippen molar-refractivity contribution in [2.24, 2.45) is 0 Å². The molecule has 0 aromatic carbocycles. The summed E-state index contributed by atoms with van der Waals surface area (Å²) in [4.78, 5) is 20.8. The molecular formula is C13H23N5O2. The first-order chi connectivity index (χ1) is 9.51. The van der Waals surface area contributed by atoms with Crippen molar-refractivity contribution >= 4 is 17.5 Å². The summed E-state index contributed by atoms with van der Waals surface area (Å²) < 4.78 is 0. The highest BCUT2D eigenvalue weighted by Gasteiger charge is 2.23. The van der Waals surface area contributed by atoms with Crippen molar-refractivity contribution in [2.45, 2.75) is 46.1 Å². The van der Waals surface area contributed by atoms with Gasteiger partial charge in [-0.25, -0.2) is 4.98 Å². The van der Waals surface area contributed by atoms with E-state index in [1.54, 1.807) is 0 Å². The fourth-order valence-corrected chi connectivity index (χ4v) is 1.90. The predicted octanol–water partition coefficient (Wildman–Crippen LogP) is 2.83. The zero-order valence-electron chi connectivity index (χ0n) is 12.6. The Morgan fingerprint density at radius 3 is 2.70 bits per heavy atom. The van der Waals surface area contributed by atoms with Crippen molar-refractivity contribution in [1.82, 2.24) is 9.97 Å². The highest BCUT2D eigenvalue weighted by molar-refractivity contribution is 5.58. The summed E-state index contributed by atoms with van der Waals surface area (Å²) in [5, 5.41) is 14.2. The van der Waals surface area contributed by atoms with E-state index in [0.29, 0.717) is 11.8 Å². The number of aromatic nitrogens is 2. The first-order valence-electron chi connectivity index (χ1n) is 6.99. The molecular weight excluding hydrogens is 258 g/mol. The third kappa shape index (κ3) is 4.04. The van der Waals surface area contributed by atoms with Gasteiger partial charge in [-0.05, 0) is 19.8 Å². The maximum atomic E-state index is 11.1. The van der Waals surface area contributed by atoms with E-state index in [1.165, 1.54) is 6.20 Å². The normalized spacial score (nSPS) is 12.0. The summed E-state index contributed by atoms with van der Waals surface area (Å²) in [7, 11) is 1.83. The molecule has 0 radical (unpaired) electrons. The molecule has 0 aliphatic carbocycles.